The second-order valence-electron chi connectivity index (χ2n) is 3.09. The fraction of sp³-hybridized carbons (Fsp3) is 0.100. The highest BCUT2D eigenvalue weighted by Gasteiger charge is 2.04. The number of nitriles is 1. The van der Waals surface area contributed by atoms with Crippen molar-refractivity contribution in [1.82, 2.24) is 14.8 Å². The van der Waals surface area contributed by atoms with Gasteiger partial charge in [-0.05, 0) is 31.2 Å². The van der Waals surface area contributed by atoms with Crippen LogP contribution in [0.2, 0.25) is 0 Å². The smallest absolute Gasteiger partial charge is 0.240 e. The first kappa shape index (κ1) is 9.21. The van der Waals surface area contributed by atoms with Gasteiger partial charge in [-0.2, -0.15) is 10.2 Å². The van der Waals surface area contributed by atoms with Crippen LogP contribution < -0.4 is 5.73 Å². The Balaban J connectivity index is 2.46. The maximum Gasteiger partial charge on any atom is 0.240 e. The Kier molecular flexibility index (Phi) is 2.10. The molecule has 1 aromatic carbocycles. The Morgan fingerprint density at radius 2 is 2.00 bits per heavy atom. The number of hydrogen-bond acceptors (Lipinski definition) is 4. The molecular formula is C10H9N5. The lowest BCUT2D eigenvalue weighted by Crippen LogP contribution is -1.99. The number of benzene rings is 1. The summed E-state index contributed by atoms with van der Waals surface area (Å²) in [5, 5.41) is 12.7. The highest BCUT2D eigenvalue weighted by molar-refractivity contribution is 5.39. The van der Waals surface area contributed by atoms with Gasteiger partial charge in [-0.3, -0.25) is 0 Å². The second kappa shape index (κ2) is 3.42. The molecule has 0 aliphatic carbocycles. The first-order valence-corrected chi connectivity index (χ1v) is 4.40. The molecule has 0 radical (unpaired) electrons. The normalized spacial score (nSPS) is 9.87. The van der Waals surface area contributed by atoms with E-state index in [9.17, 15) is 0 Å². The fourth-order valence-corrected chi connectivity index (χ4v) is 1.33. The Morgan fingerprint density at radius 1 is 1.33 bits per heavy atom. The molecule has 0 saturated carbocycles. The minimum Gasteiger partial charge on any atom is -0.366 e. The summed E-state index contributed by atoms with van der Waals surface area (Å²) in [7, 11) is 0. The predicted molar refractivity (Wildman–Crippen MR) is 55.2 cm³/mol. The van der Waals surface area contributed by atoms with E-state index >= 15 is 0 Å². The van der Waals surface area contributed by atoms with Crippen molar-refractivity contribution in [3.8, 4) is 11.8 Å². The Morgan fingerprint density at radius 3 is 2.47 bits per heavy atom. The van der Waals surface area contributed by atoms with E-state index in [4.69, 9.17) is 11.0 Å². The van der Waals surface area contributed by atoms with Crippen LogP contribution in [0.4, 0.5) is 5.95 Å². The number of nitrogen functional groups attached to an aromatic ring is 1. The summed E-state index contributed by atoms with van der Waals surface area (Å²) in [6.45, 7) is 1.82. The number of aryl methyl sites for hydroxylation is 1. The van der Waals surface area contributed by atoms with Crippen LogP contribution in [0.1, 0.15) is 11.4 Å². The lowest BCUT2D eigenvalue weighted by atomic mass is 10.2. The maximum atomic E-state index is 8.65. The monoisotopic (exact) mass is 199 g/mol. The minimum absolute atomic E-state index is 0.247. The molecule has 0 amide bonds. The molecule has 0 atom stereocenters. The zero-order chi connectivity index (χ0) is 10.8. The van der Waals surface area contributed by atoms with Gasteiger partial charge >= 0.3 is 0 Å². The zero-order valence-electron chi connectivity index (χ0n) is 8.18. The lowest BCUT2D eigenvalue weighted by molar-refractivity contribution is 0.843. The molecule has 1 aromatic heterocycles. The van der Waals surface area contributed by atoms with Gasteiger partial charge in [0, 0.05) is 0 Å². The van der Waals surface area contributed by atoms with E-state index in [2.05, 4.69) is 16.2 Å². The Labute approximate surface area is 86.8 Å². The van der Waals surface area contributed by atoms with Crippen molar-refractivity contribution < 1.29 is 0 Å². The first-order valence-electron chi connectivity index (χ1n) is 4.40. The lowest BCUT2D eigenvalue weighted by Gasteiger charge is -2.01. The zero-order valence-corrected chi connectivity index (χ0v) is 8.18. The van der Waals surface area contributed by atoms with Crippen LogP contribution >= 0.6 is 0 Å². The van der Waals surface area contributed by atoms with Crippen molar-refractivity contribution in [2.24, 2.45) is 0 Å². The molecule has 2 aromatic rings. The van der Waals surface area contributed by atoms with Gasteiger partial charge in [-0.1, -0.05) is 0 Å². The van der Waals surface area contributed by atoms with Crippen molar-refractivity contribution in [3.05, 3.63) is 35.7 Å². The summed E-state index contributed by atoms with van der Waals surface area (Å²) in [6, 6.07) is 9.12. The molecule has 0 bridgehead atoms. The highest BCUT2D eigenvalue weighted by atomic mass is 15.4. The van der Waals surface area contributed by atoms with Crippen LogP contribution in [0.15, 0.2) is 24.3 Å². The van der Waals surface area contributed by atoms with Gasteiger partial charge in [-0.25, -0.2) is 4.68 Å². The van der Waals surface area contributed by atoms with Gasteiger partial charge in [0.05, 0.1) is 17.3 Å². The van der Waals surface area contributed by atoms with Gasteiger partial charge in [0.2, 0.25) is 5.95 Å². The van der Waals surface area contributed by atoms with E-state index in [1.807, 2.05) is 6.92 Å². The van der Waals surface area contributed by atoms with E-state index in [0.717, 1.165) is 11.5 Å². The van der Waals surface area contributed by atoms with Crippen LogP contribution in [0.25, 0.3) is 5.69 Å². The second-order valence-corrected chi connectivity index (χ2v) is 3.09. The van der Waals surface area contributed by atoms with Crippen LogP contribution in [-0.2, 0) is 0 Å². The number of hydrogen-bond donors (Lipinski definition) is 1. The molecular weight excluding hydrogens is 190 g/mol. The molecule has 0 spiro atoms. The third-order valence-corrected chi connectivity index (χ3v) is 2.03. The Bertz CT molecular complexity index is 518. The molecule has 0 aliphatic heterocycles. The minimum atomic E-state index is 0.247. The standard InChI is InChI=1S/C10H9N5/c1-7-13-10(12)14-15(7)9-4-2-8(6-11)3-5-9/h2-5H,1H3,(H2,12,14). The molecule has 5 nitrogen and oxygen atoms in total. The van der Waals surface area contributed by atoms with E-state index in [1.165, 1.54) is 0 Å². The molecule has 0 unspecified atom stereocenters. The summed E-state index contributed by atoms with van der Waals surface area (Å²) in [4.78, 5) is 3.99. The summed E-state index contributed by atoms with van der Waals surface area (Å²) in [5.74, 6) is 0.967. The SMILES string of the molecule is Cc1nc(N)nn1-c1ccc(C#N)cc1. The van der Waals surface area contributed by atoms with Crippen molar-refractivity contribution in [1.29, 1.82) is 5.26 Å². The largest absolute Gasteiger partial charge is 0.366 e. The van der Waals surface area contributed by atoms with Crippen LogP contribution in [0, 0.1) is 18.3 Å². The average molecular weight is 199 g/mol. The first-order chi connectivity index (χ1) is 7.20. The number of aromatic nitrogens is 3. The molecule has 5 heteroatoms. The van der Waals surface area contributed by atoms with Gasteiger partial charge < -0.3 is 5.73 Å². The molecule has 0 aliphatic rings. The van der Waals surface area contributed by atoms with Crippen molar-refractivity contribution in [3.63, 3.8) is 0 Å². The summed E-state index contributed by atoms with van der Waals surface area (Å²) < 4.78 is 1.64. The Hall–Kier alpha value is -2.35. The van der Waals surface area contributed by atoms with Gasteiger partial charge in [0.15, 0.2) is 0 Å². The van der Waals surface area contributed by atoms with Crippen molar-refractivity contribution in [2.45, 2.75) is 6.92 Å². The van der Waals surface area contributed by atoms with Crippen LogP contribution in [0.3, 0.4) is 0 Å². The van der Waals surface area contributed by atoms with E-state index < -0.39 is 0 Å². The summed E-state index contributed by atoms with van der Waals surface area (Å²) >= 11 is 0. The summed E-state index contributed by atoms with van der Waals surface area (Å²) in [5.41, 5.74) is 6.94. The van der Waals surface area contributed by atoms with E-state index in [0.29, 0.717) is 5.56 Å². The molecule has 0 fully saturated rings. The number of anilines is 1. The molecule has 1 heterocycles. The van der Waals surface area contributed by atoms with Crippen molar-refractivity contribution in [2.75, 3.05) is 5.73 Å². The summed E-state index contributed by atoms with van der Waals surface area (Å²) in [6.07, 6.45) is 0. The van der Waals surface area contributed by atoms with E-state index in [1.54, 1.807) is 28.9 Å². The van der Waals surface area contributed by atoms with Gasteiger partial charge in [0.1, 0.15) is 5.82 Å². The van der Waals surface area contributed by atoms with E-state index in [-0.39, 0.29) is 5.95 Å². The van der Waals surface area contributed by atoms with Crippen molar-refractivity contribution >= 4 is 5.95 Å². The topological polar surface area (TPSA) is 80.5 Å². The number of nitrogens with two attached hydrogens (primary N) is 1. The fourth-order valence-electron chi connectivity index (χ4n) is 1.33. The van der Waals surface area contributed by atoms with Gasteiger partial charge in [-0.15, -0.1) is 5.10 Å². The predicted octanol–water partition coefficient (Wildman–Crippen LogP) is 1.03. The average Bonchev–Trinajstić information content (AvgIpc) is 2.58. The maximum absolute atomic E-state index is 8.65. The highest BCUT2D eigenvalue weighted by Crippen LogP contribution is 2.11. The third-order valence-electron chi connectivity index (χ3n) is 2.03. The molecule has 2 N–H and O–H groups in total. The van der Waals surface area contributed by atoms with Crippen LogP contribution in [0.5, 0.6) is 0 Å². The molecule has 15 heavy (non-hydrogen) atoms. The number of nitrogens with zero attached hydrogens (tertiary/aromatic N) is 4. The molecule has 74 valence electrons. The van der Waals surface area contributed by atoms with Crippen LogP contribution in [-0.4, -0.2) is 14.8 Å². The van der Waals surface area contributed by atoms with Gasteiger partial charge in [0.25, 0.3) is 0 Å². The third kappa shape index (κ3) is 1.65. The molecule has 0 saturated heterocycles. The quantitative estimate of drug-likeness (QED) is 0.743. The number of rotatable bonds is 1. The molecule has 2 rings (SSSR count).